The van der Waals surface area contributed by atoms with Gasteiger partial charge in [0.15, 0.2) is 11.5 Å². The van der Waals surface area contributed by atoms with E-state index in [9.17, 15) is 18.7 Å². The number of aliphatic hydroxyl groups is 1. The first-order valence-corrected chi connectivity index (χ1v) is 9.03. The predicted octanol–water partition coefficient (Wildman–Crippen LogP) is 3.86. The number of nitrogens with one attached hydrogen (secondary N) is 1. The fourth-order valence-corrected chi connectivity index (χ4v) is 2.51. The van der Waals surface area contributed by atoms with Gasteiger partial charge < -0.3 is 19.9 Å². The van der Waals surface area contributed by atoms with Gasteiger partial charge in [-0.1, -0.05) is 19.9 Å². The summed E-state index contributed by atoms with van der Waals surface area (Å²) < 4.78 is 37.6. The lowest BCUT2D eigenvalue weighted by Gasteiger charge is -2.15. The SMILES string of the molecule is COc1cc(C(=O)NCC(O)c2ccc(F)cc2F)ccc1OCCC(C)C. The zero-order valence-electron chi connectivity index (χ0n) is 16.2. The second-order valence-corrected chi connectivity index (χ2v) is 6.79. The molecular formula is C21H25F2NO4. The lowest BCUT2D eigenvalue weighted by molar-refractivity contribution is 0.0913. The van der Waals surface area contributed by atoms with E-state index in [1.165, 1.54) is 13.2 Å². The molecule has 0 radical (unpaired) electrons. The molecule has 0 aliphatic heterocycles. The van der Waals surface area contributed by atoms with Crippen LogP contribution in [0.1, 0.15) is 42.3 Å². The van der Waals surface area contributed by atoms with Crippen LogP contribution in [0.4, 0.5) is 8.78 Å². The third-order valence-corrected chi connectivity index (χ3v) is 4.16. The van der Waals surface area contributed by atoms with Crippen LogP contribution in [-0.4, -0.2) is 31.3 Å². The zero-order valence-corrected chi connectivity index (χ0v) is 16.2. The smallest absolute Gasteiger partial charge is 0.251 e. The molecule has 152 valence electrons. The Kier molecular flexibility index (Phi) is 7.75. The molecule has 28 heavy (non-hydrogen) atoms. The second-order valence-electron chi connectivity index (χ2n) is 6.79. The highest BCUT2D eigenvalue weighted by atomic mass is 19.1. The number of amides is 1. The third kappa shape index (κ3) is 5.92. The minimum atomic E-state index is -1.30. The van der Waals surface area contributed by atoms with Crippen LogP contribution < -0.4 is 14.8 Å². The van der Waals surface area contributed by atoms with Crippen molar-refractivity contribution in [1.29, 1.82) is 0 Å². The van der Waals surface area contributed by atoms with Crippen molar-refractivity contribution in [2.45, 2.75) is 26.4 Å². The fraction of sp³-hybridized carbons (Fsp3) is 0.381. The Bertz CT molecular complexity index is 811. The Morgan fingerprint density at radius 1 is 1.14 bits per heavy atom. The van der Waals surface area contributed by atoms with Gasteiger partial charge in [0.2, 0.25) is 0 Å². The number of ether oxygens (including phenoxy) is 2. The second kappa shape index (κ2) is 10.0. The maximum Gasteiger partial charge on any atom is 0.251 e. The maximum absolute atomic E-state index is 13.7. The molecule has 1 unspecified atom stereocenters. The predicted molar refractivity (Wildman–Crippen MR) is 102 cm³/mol. The normalized spacial score (nSPS) is 12.0. The van der Waals surface area contributed by atoms with Crippen molar-refractivity contribution in [3.05, 3.63) is 59.2 Å². The molecule has 2 N–H and O–H groups in total. The molecule has 0 aliphatic carbocycles. The largest absolute Gasteiger partial charge is 0.493 e. The summed E-state index contributed by atoms with van der Waals surface area (Å²) in [5.74, 6) is -0.608. The molecule has 0 aromatic heterocycles. The van der Waals surface area contributed by atoms with Gasteiger partial charge in [0.05, 0.1) is 19.8 Å². The van der Waals surface area contributed by atoms with Crippen LogP contribution in [0.15, 0.2) is 36.4 Å². The topological polar surface area (TPSA) is 67.8 Å². The van der Waals surface area contributed by atoms with E-state index in [1.807, 2.05) is 0 Å². The van der Waals surface area contributed by atoms with Gasteiger partial charge in [0, 0.05) is 23.7 Å². The third-order valence-electron chi connectivity index (χ3n) is 4.16. The number of aliphatic hydroxyl groups excluding tert-OH is 1. The van der Waals surface area contributed by atoms with Gasteiger partial charge in [-0.2, -0.15) is 0 Å². The van der Waals surface area contributed by atoms with Crippen molar-refractivity contribution in [3.8, 4) is 11.5 Å². The molecule has 2 rings (SSSR count). The van der Waals surface area contributed by atoms with Crippen LogP contribution >= 0.6 is 0 Å². The molecule has 0 spiro atoms. The molecule has 0 fully saturated rings. The summed E-state index contributed by atoms with van der Waals surface area (Å²) in [6, 6.07) is 7.63. The Labute approximate surface area is 163 Å². The van der Waals surface area contributed by atoms with Gasteiger partial charge in [-0.25, -0.2) is 8.78 Å². The van der Waals surface area contributed by atoms with Crippen molar-refractivity contribution in [3.63, 3.8) is 0 Å². The minimum absolute atomic E-state index is 0.0896. The fourth-order valence-electron chi connectivity index (χ4n) is 2.51. The van der Waals surface area contributed by atoms with Gasteiger partial charge in [-0.15, -0.1) is 0 Å². The van der Waals surface area contributed by atoms with Crippen LogP contribution in [0, 0.1) is 17.6 Å². The Hall–Kier alpha value is -2.67. The highest BCUT2D eigenvalue weighted by Crippen LogP contribution is 2.28. The Morgan fingerprint density at radius 2 is 1.89 bits per heavy atom. The lowest BCUT2D eigenvalue weighted by Crippen LogP contribution is -2.28. The highest BCUT2D eigenvalue weighted by Gasteiger charge is 2.16. The first kappa shape index (κ1) is 21.6. The lowest BCUT2D eigenvalue weighted by atomic mass is 10.1. The monoisotopic (exact) mass is 393 g/mol. The van der Waals surface area contributed by atoms with Crippen molar-refractivity contribution in [2.24, 2.45) is 5.92 Å². The van der Waals surface area contributed by atoms with Crippen LogP contribution in [-0.2, 0) is 0 Å². The first-order valence-electron chi connectivity index (χ1n) is 9.03. The summed E-state index contributed by atoms with van der Waals surface area (Å²) in [6.07, 6.45) is -0.409. The van der Waals surface area contributed by atoms with Gasteiger partial charge >= 0.3 is 0 Å². The summed E-state index contributed by atoms with van der Waals surface area (Å²) in [5.41, 5.74) is 0.216. The van der Waals surface area contributed by atoms with Crippen molar-refractivity contribution in [2.75, 3.05) is 20.3 Å². The van der Waals surface area contributed by atoms with Crippen LogP contribution in [0.3, 0.4) is 0 Å². The van der Waals surface area contributed by atoms with Gasteiger partial charge in [0.25, 0.3) is 5.91 Å². The van der Waals surface area contributed by atoms with Crippen molar-refractivity contribution >= 4 is 5.91 Å². The number of rotatable bonds is 9. The standard InChI is InChI=1S/C21H25F2NO4/c1-13(2)8-9-28-19-7-4-14(10-20(19)27-3)21(26)24-12-18(25)16-6-5-15(22)11-17(16)23/h4-7,10-11,13,18,25H,8-9,12H2,1-3H3,(H,24,26). The van der Waals surface area contributed by atoms with E-state index >= 15 is 0 Å². The molecule has 1 amide bonds. The highest BCUT2D eigenvalue weighted by molar-refractivity contribution is 5.94. The number of carbonyl (C=O) groups is 1. The summed E-state index contributed by atoms with van der Waals surface area (Å²) >= 11 is 0. The summed E-state index contributed by atoms with van der Waals surface area (Å²) in [7, 11) is 1.48. The van der Waals surface area contributed by atoms with E-state index in [-0.39, 0.29) is 12.1 Å². The summed E-state index contributed by atoms with van der Waals surface area (Å²) in [5, 5.41) is 12.6. The van der Waals surface area contributed by atoms with Crippen LogP contribution in [0.2, 0.25) is 0 Å². The number of hydrogen-bond acceptors (Lipinski definition) is 4. The molecule has 0 aliphatic rings. The van der Waals surface area contributed by atoms with Gasteiger partial charge in [0.1, 0.15) is 11.6 Å². The number of benzene rings is 2. The molecule has 0 bridgehead atoms. The van der Waals surface area contributed by atoms with Gasteiger partial charge in [-0.05, 0) is 36.6 Å². The Balaban J connectivity index is 1.99. The number of hydrogen-bond donors (Lipinski definition) is 2. The first-order chi connectivity index (χ1) is 13.3. The molecule has 7 heteroatoms. The van der Waals surface area contributed by atoms with Crippen LogP contribution in [0.25, 0.3) is 0 Å². The molecule has 0 saturated heterocycles. The molecule has 1 atom stereocenters. The van der Waals surface area contributed by atoms with Crippen molar-refractivity contribution < 1.29 is 28.2 Å². The van der Waals surface area contributed by atoms with E-state index in [0.717, 1.165) is 18.6 Å². The number of carbonyl (C=O) groups excluding carboxylic acids is 1. The van der Waals surface area contributed by atoms with E-state index in [4.69, 9.17) is 9.47 Å². The average molecular weight is 393 g/mol. The molecule has 2 aromatic carbocycles. The summed E-state index contributed by atoms with van der Waals surface area (Å²) in [6.45, 7) is 4.51. The molecule has 2 aromatic rings. The molecule has 0 heterocycles. The minimum Gasteiger partial charge on any atom is -0.493 e. The molecule has 5 nitrogen and oxygen atoms in total. The number of halogens is 2. The van der Waals surface area contributed by atoms with Gasteiger partial charge in [-0.3, -0.25) is 4.79 Å². The van der Waals surface area contributed by atoms with E-state index in [2.05, 4.69) is 19.2 Å². The number of methoxy groups -OCH3 is 1. The van der Waals surface area contributed by atoms with E-state index in [1.54, 1.807) is 12.1 Å². The zero-order chi connectivity index (χ0) is 20.7. The molecule has 0 saturated carbocycles. The van der Waals surface area contributed by atoms with Crippen molar-refractivity contribution in [1.82, 2.24) is 5.32 Å². The van der Waals surface area contributed by atoms with E-state index in [0.29, 0.717) is 35.7 Å². The quantitative estimate of drug-likeness (QED) is 0.679. The average Bonchev–Trinajstić information content (AvgIpc) is 2.65. The summed E-state index contributed by atoms with van der Waals surface area (Å²) in [4.78, 5) is 12.3. The maximum atomic E-state index is 13.7. The van der Waals surface area contributed by atoms with E-state index < -0.39 is 23.6 Å². The molecular weight excluding hydrogens is 368 g/mol. The van der Waals surface area contributed by atoms with Crippen LogP contribution in [0.5, 0.6) is 11.5 Å². The Morgan fingerprint density at radius 3 is 2.54 bits per heavy atom.